The first kappa shape index (κ1) is 9.80. The minimum Gasteiger partial charge on any atom is -0.488 e. The van der Waals surface area contributed by atoms with E-state index < -0.39 is 0 Å². The third-order valence-corrected chi connectivity index (χ3v) is 1.69. The molecule has 13 heavy (non-hydrogen) atoms. The van der Waals surface area contributed by atoms with E-state index >= 15 is 0 Å². The fraction of sp³-hybridized carbons (Fsp3) is 0.444. The Balaban J connectivity index is 2.70. The molecule has 0 aliphatic rings. The van der Waals surface area contributed by atoms with Crippen LogP contribution in [0.1, 0.15) is 12.1 Å². The molecule has 0 fully saturated rings. The van der Waals surface area contributed by atoms with Crippen LogP contribution in [0.3, 0.4) is 0 Å². The van der Waals surface area contributed by atoms with Crippen molar-refractivity contribution in [1.82, 2.24) is 4.98 Å². The average molecular weight is 182 g/mol. The van der Waals surface area contributed by atoms with Gasteiger partial charge >= 0.3 is 0 Å². The van der Waals surface area contributed by atoms with E-state index in [9.17, 15) is 4.79 Å². The number of rotatable bonds is 4. The summed E-state index contributed by atoms with van der Waals surface area (Å²) < 4.78 is 5.28. The normalized spacial score (nSPS) is 10.0. The van der Waals surface area contributed by atoms with Gasteiger partial charge in [-0.15, -0.1) is 0 Å². The minimum absolute atomic E-state index is 0.0896. The van der Waals surface area contributed by atoms with Crippen LogP contribution in [0.2, 0.25) is 0 Å². The lowest BCUT2D eigenvalue weighted by Crippen LogP contribution is -2.13. The van der Waals surface area contributed by atoms with E-state index in [1.165, 1.54) is 6.07 Å². The Morgan fingerprint density at radius 1 is 1.62 bits per heavy atom. The number of H-pyrrole nitrogens is 1. The lowest BCUT2D eigenvalue weighted by Gasteiger charge is -2.06. The van der Waals surface area contributed by atoms with E-state index in [-0.39, 0.29) is 5.43 Å². The molecule has 0 bridgehead atoms. The molecule has 1 heterocycles. The quantitative estimate of drug-likeness (QED) is 0.663. The highest BCUT2D eigenvalue weighted by molar-refractivity contribution is 5.25. The molecule has 4 heteroatoms. The molecule has 0 aromatic carbocycles. The van der Waals surface area contributed by atoms with Crippen molar-refractivity contribution < 1.29 is 4.74 Å². The first-order valence-corrected chi connectivity index (χ1v) is 4.27. The summed E-state index contributed by atoms with van der Waals surface area (Å²) in [6.45, 7) is 2.87. The van der Waals surface area contributed by atoms with Crippen molar-refractivity contribution in [2.45, 2.75) is 13.3 Å². The summed E-state index contributed by atoms with van der Waals surface area (Å²) in [4.78, 5) is 14.2. The van der Waals surface area contributed by atoms with Gasteiger partial charge in [-0.05, 0) is 19.9 Å². The molecular formula is C9H14N2O2. The highest BCUT2D eigenvalue weighted by atomic mass is 16.5. The number of ether oxygens (including phenoxy) is 1. The molecule has 0 saturated heterocycles. The smallest absolute Gasteiger partial charge is 0.223 e. The van der Waals surface area contributed by atoms with E-state index in [0.717, 1.165) is 12.1 Å². The van der Waals surface area contributed by atoms with Crippen molar-refractivity contribution >= 4 is 0 Å². The lowest BCUT2D eigenvalue weighted by atomic mass is 10.3. The zero-order chi connectivity index (χ0) is 9.68. The summed E-state index contributed by atoms with van der Waals surface area (Å²) in [5.41, 5.74) is 5.97. The monoisotopic (exact) mass is 182 g/mol. The largest absolute Gasteiger partial charge is 0.488 e. The highest BCUT2D eigenvalue weighted by Gasteiger charge is 2.02. The van der Waals surface area contributed by atoms with Crippen molar-refractivity contribution in [3.8, 4) is 5.75 Å². The molecule has 0 aliphatic carbocycles. The van der Waals surface area contributed by atoms with Gasteiger partial charge in [0.15, 0.2) is 5.75 Å². The number of aromatic amines is 1. The van der Waals surface area contributed by atoms with Crippen LogP contribution in [-0.2, 0) is 0 Å². The zero-order valence-corrected chi connectivity index (χ0v) is 7.67. The Labute approximate surface area is 76.7 Å². The second-order valence-electron chi connectivity index (χ2n) is 2.79. The molecule has 3 N–H and O–H groups in total. The van der Waals surface area contributed by atoms with E-state index in [1.807, 2.05) is 0 Å². The molecule has 4 nitrogen and oxygen atoms in total. The highest BCUT2D eigenvalue weighted by Crippen LogP contribution is 2.07. The van der Waals surface area contributed by atoms with Gasteiger partial charge in [0.2, 0.25) is 5.43 Å². The molecule has 72 valence electrons. The number of aryl methyl sites for hydroxylation is 1. The number of pyridine rings is 1. The van der Waals surface area contributed by atoms with Crippen molar-refractivity contribution in [3.63, 3.8) is 0 Å². The van der Waals surface area contributed by atoms with E-state index in [2.05, 4.69) is 4.98 Å². The summed E-state index contributed by atoms with van der Waals surface area (Å²) >= 11 is 0. The molecule has 1 aromatic rings. The second-order valence-corrected chi connectivity index (χ2v) is 2.79. The maximum atomic E-state index is 11.3. The van der Waals surface area contributed by atoms with Gasteiger partial charge in [0, 0.05) is 12.3 Å². The number of hydrogen-bond acceptors (Lipinski definition) is 3. The molecule has 0 saturated carbocycles. The van der Waals surface area contributed by atoms with Gasteiger partial charge in [-0.2, -0.15) is 0 Å². The Hall–Kier alpha value is -1.29. The number of nitrogens with two attached hydrogens (primary N) is 1. The molecular weight excluding hydrogens is 168 g/mol. The standard InChI is InChI=1S/C9H14N2O2/c1-7-9(13-6-2-4-10)8(12)3-5-11-7/h3,5H,2,4,6,10H2,1H3,(H,11,12). The molecule has 0 atom stereocenters. The number of nitrogens with one attached hydrogen (secondary N) is 1. The van der Waals surface area contributed by atoms with Gasteiger partial charge in [-0.25, -0.2) is 0 Å². The maximum absolute atomic E-state index is 11.3. The summed E-state index contributed by atoms with van der Waals surface area (Å²) in [6, 6.07) is 1.45. The molecule has 0 amide bonds. The van der Waals surface area contributed by atoms with Gasteiger partial charge < -0.3 is 15.5 Å². The molecule has 0 aliphatic heterocycles. The van der Waals surface area contributed by atoms with Gasteiger partial charge in [0.25, 0.3) is 0 Å². The second kappa shape index (κ2) is 4.67. The maximum Gasteiger partial charge on any atom is 0.223 e. The van der Waals surface area contributed by atoms with Crippen LogP contribution in [0.5, 0.6) is 5.75 Å². The minimum atomic E-state index is -0.0896. The van der Waals surface area contributed by atoms with E-state index in [4.69, 9.17) is 10.5 Å². The van der Waals surface area contributed by atoms with Gasteiger partial charge in [0.05, 0.1) is 12.3 Å². The third kappa shape index (κ3) is 2.59. The number of hydrogen-bond donors (Lipinski definition) is 2. The SMILES string of the molecule is Cc1[nH]ccc(=O)c1OCCCN. The Kier molecular flexibility index (Phi) is 3.52. The van der Waals surface area contributed by atoms with Crippen molar-refractivity contribution in [2.75, 3.05) is 13.2 Å². The van der Waals surface area contributed by atoms with Crippen LogP contribution in [0.25, 0.3) is 0 Å². The van der Waals surface area contributed by atoms with Crippen LogP contribution in [0.4, 0.5) is 0 Å². The lowest BCUT2D eigenvalue weighted by molar-refractivity contribution is 0.307. The Bertz CT molecular complexity index is 320. The topological polar surface area (TPSA) is 68.1 Å². The summed E-state index contributed by atoms with van der Waals surface area (Å²) in [5, 5.41) is 0. The number of aromatic nitrogens is 1. The zero-order valence-electron chi connectivity index (χ0n) is 7.67. The molecule has 0 spiro atoms. The van der Waals surface area contributed by atoms with Gasteiger partial charge in [-0.1, -0.05) is 0 Å². The summed E-state index contributed by atoms with van der Waals surface area (Å²) in [6.07, 6.45) is 2.36. The Morgan fingerprint density at radius 2 is 2.38 bits per heavy atom. The molecule has 0 unspecified atom stereocenters. The van der Waals surface area contributed by atoms with Crippen LogP contribution in [-0.4, -0.2) is 18.1 Å². The summed E-state index contributed by atoms with van der Waals surface area (Å²) in [5.74, 6) is 0.399. The van der Waals surface area contributed by atoms with Crippen LogP contribution >= 0.6 is 0 Å². The molecule has 1 rings (SSSR count). The predicted molar refractivity (Wildman–Crippen MR) is 51.0 cm³/mol. The fourth-order valence-corrected chi connectivity index (χ4v) is 1.01. The van der Waals surface area contributed by atoms with Crippen LogP contribution in [0, 0.1) is 6.92 Å². The van der Waals surface area contributed by atoms with Gasteiger partial charge in [-0.3, -0.25) is 4.79 Å². The summed E-state index contributed by atoms with van der Waals surface area (Å²) in [7, 11) is 0. The van der Waals surface area contributed by atoms with Crippen molar-refractivity contribution in [3.05, 3.63) is 28.2 Å². The molecule has 1 aromatic heterocycles. The van der Waals surface area contributed by atoms with Gasteiger partial charge in [0.1, 0.15) is 0 Å². The van der Waals surface area contributed by atoms with E-state index in [1.54, 1.807) is 13.1 Å². The van der Waals surface area contributed by atoms with Crippen molar-refractivity contribution in [2.24, 2.45) is 5.73 Å². The predicted octanol–water partition coefficient (Wildman–Crippen LogP) is 0.411. The third-order valence-electron chi connectivity index (χ3n) is 1.69. The molecule has 0 radical (unpaired) electrons. The fourth-order valence-electron chi connectivity index (χ4n) is 1.01. The Morgan fingerprint density at radius 3 is 3.00 bits per heavy atom. The van der Waals surface area contributed by atoms with E-state index in [0.29, 0.717) is 18.9 Å². The van der Waals surface area contributed by atoms with Crippen LogP contribution < -0.4 is 15.9 Å². The van der Waals surface area contributed by atoms with Crippen LogP contribution in [0.15, 0.2) is 17.1 Å². The average Bonchev–Trinajstić information content (AvgIpc) is 2.10. The first-order chi connectivity index (χ1) is 6.25. The van der Waals surface area contributed by atoms with Crippen molar-refractivity contribution in [1.29, 1.82) is 0 Å². The first-order valence-electron chi connectivity index (χ1n) is 4.27.